The predicted molar refractivity (Wildman–Crippen MR) is 109 cm³/mol. The summed E-state index contributed by atoms with van der Waals surface area (Å²) < 4.78 is 26.7. The third kappa shape index (κ3) is 3.28. The van der Waals surface area contributed by atoms with Crippen molar-refractivity contribution in [3.8, 4) is 17.2 Å². The summed E-state index contributed by atoms with van der Waals surface area (Å²) >= 11 is 0. The molecule has 0 bridgehead atoms. The molecule has 3 aromatic rings. The van der Waals surface area contributed by atoms with Crippen molar-refractivity contribution < 1.29 is 28.2 Å². The van der Waals surface area contributed by atoms with Crippen LogP contribution in [0.15, 0.2) is 62.6 Å². The predicted octanol–water partition coefficient (Wildman–Crippen LogP) is 3.16. The second-order valence-electron chi connectivity index (χ2n) is 6.27. The molecular formula is C22H17NO7. The van der Waals surface area contributed by atoms with Crippen molar-refractivity contribution in [2.24, 2.45) is 4.99 Å². The van der Waals surface area contributed by atoms with Crippen molar-refractivity contribution in [1.82, 2.24) is 0 Å². The van der Waals surface area contributed by atoms with Gasteiger partial charge in [-0.1, -0.05) is 12.1 Å². The van der Waals surface area contributed by atoms with Gasteiger partial charge in [0.2, 0.25) is 11.6 Å². The molecule has 1 aliphatic rings. The number of esters is 1. The number of hydrogen-bond donors (Lipinski definition) is 0. The molecule has 1 aliphatic heterocycles. The summed E-state index contributed by atoms with van der Waals surface area (Å²) in [4.78, 5) is 29.2. The number of fused-ring (bicyclic) bond motifs is 1. The highest BCUT2D eigenvalue weighted by Crippen LogP contribution is 2.39. The molecule has 0 spiro atoms. The number of para-hydroxylation sites is 1. The van der Waals surface area contributed by atoms with E-state index in [1.165, 1.54) is 33.7 Å². The minimum Gasteiger partial charge on any atom is -0.493 e. The monoisotopic (exact) mass is 407 g/mol. The number of aliphatic imine (C=N–C) groups is 1. The molecule has 30 heavy (non-hydrogen) atoms. The average molecular weight is 407 g/mol. The highest BCUT2D eigenvalue weighted by Gasteiger charge is 2.27. The standard InChI is InChI=1S/C22H17NO7/c1-26-17-9-12(10-18(27-2)20(17)28-3)21-23-15(22(25)30-21)8-13-11-29-16-7-5-4-6-14(16)19(13)24/h4-11H,1-3H3. The van der Waals surface area contributed by atoms with Gasteiger partial charge in [0.15, 0.2) is 22.6 Å². The number of rotatable bonds is 5. The van der Waals surface area contributed by atoms with Crippen molar-refractivity contribution >= 4 is 28.9 Å². The summed E-state index contributed by atoms with van der Waals surface area (Å²) in [5.74, 6) is 0.539. The van der Waals surface area contributed by atoms with Gasteiger partial charge in [-0.25, -0.2) is 9.79 Å². The Morgan fingerprint density at radius 1 is 0.967 bits per heavy atom. The number of benzene rings is 2. The van der Waals surface area contributed by atoms with Crippen LogP contribution in [-0.4, -0.2) is 33.2 Å². The summed E-state index contributed by atoms with van der Waals surface area (Å²) in [5, 5.41) is 0.409. The number of ether oxygens (including phenoxy) is 4. The van der Waals surface area contributed by atoms with E-state index in [4.69, 9.17) is 23.4 Å². The lowest BCUT2D eigenvalue weighted by Crippen LogP contribution is -2.08. The van der Waals surface area contributed by atoms with Crippen LogP contribution >= 0.6 is 0 Å². The molecule has 0 atom stereocenters. The second kappa shape index (κ2) is 7.75. The molecular weight excluding hydrogens is 390 g/mol. The normalized spacial score (nSPS) is 14.6. The first-order valence-electron chi connectivity index (χ1n) is 8.89. The second-order valence-corrected chi connectivity index (χ2v) is 6.27. The van der Waals surface area contributed by atoms with Crippen molar-refractivity contribution in [2.75, 3.05) is 21.3 Å². The Balaban J connectivity index is 1.77. The maximum atomic E-state index is 12.7. The van der Waals surface area contributed by atoms with Crippen LogP contribution in [0.25, 0.3) is 17.0 Å². The largest absolute Gasteiger partial charge is 0.493 e. The molecule has 2 heterocycles. The lowest BCUT2D eigenvalue weighted by Gasteiger charge is -2.13. The van der Waals surface area contributed by atoms with E-state index in [1.807, 2.05) is 0 Å². The van der Waals surface area contributed by atoms with Crippen LogP contribution in [0.3, 0.4) is 0 Å². The Labute approximate surface area is 171 Å². The SMILES string of the molecule is COc1cc(C2=NC(=Cc3coc4ccccc4c3=O)C(=O)O2)cc(OC)c1OC. The van der Waals surface area contributed by atoms with E-state index in [9.17, 15) is 9.59 Å². The number of hydrogen-bond acceptors (Lipinski definition) is 8. The summed E-state index contributed by atoms with van der Waals surface area (Å²) in [6, 6.07) is 10.1. The van der Waals surface area contributed by atoms with Crippen molar-refractivity contribution in [3.63, 3.8) is 0 Å². The molecule has 8 nitrogen and oxygen atoms in total. The van der Waals surface area contributed by atoms with Gasteiger partial charge < -0.3 is 23.4 Å². The molecule has 2 aromatic carbocycles. The van der Waals surface area contributed by atoms with E-state index in [2.05, 4.69) is 4.99 Å². The lowest BCUT2D eigenvalue weighted by molar-refractivity contribution is -0.129. The number of nitrogens with zero attached hydrogens (tertiary/aromatic N) is 1. The van der Waals surface area contributed by atoms with E-state index in [1.54, 1.807) is 36.4 Å². The number of carbonyl (C=O) groups excluding carboxylic acids is 1. The summed E-state index contributed by atoms with van der Waals surface area (Å²) in [6.45, 7) is 0. The Hall–Kier alpha value is -4.07. The van der Waals surface area contributed by atoms with E-state index in [0.29, 0.717) is 33.8 Å². The third-order valence-electron chi connectivity index (χ3n) is 4.53. The highest BCUT2D eigenvalue weighted by atomic mass is 16.6. The summed E-state index contributed by atoms with van der Waals surface area (Å²) in [7, 11) is 4.45. The van der Waals surface area contributed by atoms with Crippen LogP contribution in [0.1, 0.15) is 11.1 Å². The zero-order valence-electron chi connectivity index (χ0n) is 16.4. The highest BCUT2D eigenvalue weighted by molar-refractivity contribution is 6.13. The zero-order valence-corrected chi connectivity index (χ0v) is 16.4. The minimum absolute atomic E-state index is 0.0265. The quantitative estimate of drug-likeness (QED) is 0.473. The van der Waals surface area contributed by atoms with Gasteiger partial charge in [-0.2, -0.15) is 0 Å². The van der Waals surface area contributed by atoms with Crippen LogP contribution in [0, 0.1) is 0 Å². The first-order chi connectivity index (χ1) is 14.5. The lowest BCUT2D eigenvalue weighted by atomic mass is 10.1. The molecule has 8 heteroatoms. The molecule has 0 N–H and O–H groups in total. The molecule has 4 rings (SSSR count). The molecule has 152 valence electrons. The summed E-state index contributed by atoms with van der Waals surface area (Å²) in [6.07, 6.45) is 2.63. The molecule has 0 fully saturated rings. The minimum atomic E-state index is -0.689. The van der Waals surface area contributed by atoms with Crippen molar-refractivity contribution in [1.29, 1.82) is 0 Å². The van der Waals surface area contributed by atoms with Crippen LogP contribution in [0.5, 0.6) is 17.2 Å². The van der Waals surface area contributed by atoms with E-state index in [-0.39, 0.29) is 22.6 Å². The fraction of sp³-hybridized carbons (Fsp3) is 0.136. The number of carbonyl (C=O) groups is 1. The number of cyclic esters (lactones) is 1. The van der Waals surface area contributed by atoms with Gasteiger partial charge in [0.1, 0.15) is 11.8 Å². The van der Waals surface area contributed by atoms with Gasteiger partial charge in [-0.15, -0.1) is 0 Å². The molecule has 0 saturated heterocycles. The first kappa shape index (κ1) is 19.3. The van der Waals surface area contributed by atoms with E-state index >= 15 is 0 Å². The maximum absolute atomic E-state index is 12.7. The van der Waals surface area contributed by atoms with Crippen LogP contribution in [0.4, 0.5) is 0 Å². The molecule has 0 aliphatic carbocycles. The van der Waals surface area contributed by atoms with Gasteiger partial charge in [0.25, 0.3) is 0 Å². The van der Waals surface area contributed by atoms with Crippen molar-refractivity contribution in [3.05, 3.63) is 69.7 Å². The van der Waals surface area contributed by atoms with Gasteiger partial charge in [0, 0.05) is 5.56 Å². The Morgan fingerprint density at radius 2 is 1.67 bits per heavy atom. The average Bonchev–Trinajstić information content (AvgIpc) is 3.14. The fourth-order valence-electron chi connectivity index (χ4n) is 3.08. The van der Waals surface area contributed by atoms with E-state index in [0.717, 1.165) is 0 Å². The van der Waals surface area contributed by atoms with Gasteiger partial charge >= 0.3 is 5.97 Å². The van der Waals surface area contributed by atoms with Gasteiger partial charge in [-0.05, 0) is 30.3 Å². The molecule has 0 radical (unpaired) electrons. The smallest absolute Gasteiger partial charge is 0.363 e. The Morgan fingerprint density at radius 3 is 2.33 bits per heavy atom. The third-order valence-corrected chi connectivity index (χ3v) is 4.53. The van der Waals surface area contributed by atoms with Crippen LogP contribution < -0.4 is 19.6 Å². The maximum Gasteiger partial charge on any atom is 0.363 e. The molecule has 0 saturated carbocycles. The van der Waals surface area contributed by atoms with Crippen LogP contribution in [0.2, 0.25) is 0 Å². The summed E-state index contributed by atoms with van der Waals surface area (Å²) in [5.41, 5.74) is 0.803. The van der Waals surface area contributed by atoms with E-state index < -0.39 is 5.97 Å². The molecule has 0 amide bonds. The van der Waals surface area contributed by atoms with Crippen molar-refractivity contribution in [2.45, 2.75) is 0 Å². The Bertz CT molecular complexity index is 1240. The number of methoxy groups -OCH3 is 3. The first-order valence-corrected chi connectivity index (χ1v) is 8.89. The fourth-order valence-corrected chi connectivity index (χ4v) is 3.08. The topological polar surface area (TPSA) is 96.6 Å². The zero-order chi connectivity index (χ0) is 21.3. The Kier molecular flexibility index (Phi) is 4.97. The van der Waals surface area contributed by atoms with Crippen LogP contribution in [-0.2, 0) is 9.53 Å². The molecule has 0 unspecified atom stereocenters. The molecule has 1 aromatic heterocycles. The van der Waals surface area contributed by atoms with Gasteiger partial charge in [-0.3, -0.25) is 4.79 Å². The van der Waals surface area contributed by atoms with Gasteiger partial charge in [0.05, 0.1) is 32.3 Å².